The first-order valence-electron chi connectivity index (χ1n) is 7.13. The summed E-state index contributed by atoms with van der Waals surface area (Å²) in [5.74, 6) is 0.303. The van der Waals surface area contributed by atoms with Crippen molar-refractivity contribution >= 4 is 5.91 Å². The average molecular weight is 278 g/mol. The second-order valence-corrected chi connectivity index (χ2v) is 6.11. The van der Waals surface area contributed by atoms with Gasteiger partial charge in [0.1, 0.15) is 5.82 Å². The molecule has 1 aromatic rings. The van der Waals surface area contributed by atoms with E-state index >= 15 is 0 Å². The van der Waals surface area contributed by atoms with E-state index in [1.807, 2.05) is 6.92 Å². The maximum absolute atomic E-state index is 13.8. The van der Waals surface area contributed by atoms with Gasteiger partial charge in [-0.25, -0.2) is 4.39 Å². The van der Waals surface area contributed by atoms with Crippen LogP contribution in [0.25, 0.3) is 0 Å². The monoisotopic (exact) mass is 278 g/mol. The number of benzene rings is 1. The molecule has 110 valence electrons. The standard InChI is InChI=1S/C16H23FN2O/c1-11-8-16(9-11,10-18)15(20)19(3)12(2)13-6-4-5-7-14(13)17/h4-7,11-12H,8-10,18H2,1-3H3. The van der Waals surface area contributed by atoms with Crippen molar-refractivity contribution in [3.63, 3.8) is 0 Å². The van der Waals surface area contributed by atoms with Crippen LogP contribution in [0.15, 0.2) is 24.3 Å². The predicted molar refractivity (Wildman–Crippen MR) is 77.5 cm³/mol. The fraction of sp³-hybridized carbons (Fsp3) is 0.562. The van der Waals surface area contributed by atoms with Crippen molar-refractivity contribution < 1.29 is 9.18 Å². The van der Waals surface area contributed by atoms with Crippen molar-refractivity contribution in [1.29, 1.82) is 0 Å². The van der Waals surface area contributed by atoms with Gasteiger partial charge in [-0.1, -0.05) is 25.1 Å². The third kappa shape index (κ3) is 2.44. The lowest BCUT2D eigenvalue weighted by atomic mass is 9.61. The zero-order valence-electron chi connectivity index (χ0n) is 12.4. The molecule has 20 heavy (non-hydrogen) atoms. The Bertz CT molecular complexity index is 497. The third-order valence-corrected chi connectivity index (χ3v) is 4.58. The molecule has 2 rings (SSSR count). The Labute approximate surface area is 120 Å². The minimum Gasteiger partial charge on any atom is -0.338 e. The van der Waals surface area contributed by atoms with Crippen molar-refractivity contribution in [2.45, 2.75) is 32.7 Å². The van der Waals surface area contributed by atoms with Gasteiger partial charge in [-0.2, -0.15) is 0 Å². The van der Waals surface area contributed by atoms with Crippen molar-refractivity contribution in [3.05, 3.63) is 35.6 Å². The van der Waals surface area contributed by atoms with Crippen LogP contribution in [0.1, 0.15) is 38.3 Å². The first kappa shape index (κ1) is 15.0. The molecule has 0 radical (unpaired) electrons. The maximum Gasteiger partial charge on any atom is 0.230 e. The quantitative estimate of drug-likeness (QED) is 0.920. The lowest BCUT2D eigenvalue weighted by Crippen LogP contribution is -2.54. The largest absolute Gasteiger partial charge is 0.338 e. The van der Waals surface area contributed by atoms with Crippen LogP contribution in [0.2, 0.25) is 0 Å². The van der Waals surface area contributed by atoms with Crippen LogP contribution in [0.3, 0.4) is 0 Å². The second kappa shape index (κ2) is 5.52. The van der Waals surface area contributed by atoms with Crippen LogP contribution in [-0.4, -0.2) is 24.4 Å². The fourth-order valence-electron chi connectivity index (χ4n) is 3.28. The van der Waals surface area contributed by atoms with Gasteiger partial charge in [0.15, 0.2) is 0 Å². The molecule has 3 nitrogen and oxygen atoms in total. The molecule has 1 unspecified atom stereocenters. The predicted octanol–water partition coefficient (Wildman–Crippen LogP) is 2.72. The number of halogens is 1. The SMILES string of the molecule is CC1CC(CN)(C(=O)N(C)C(C)c2ccccc2F)C1. The van der Waals surface area contributed by atoms with Crippen molar-refractivity contribution in [2.24, 2.45) is 17.1 Å². The van der Waals surface area contributed by atoms with E-state index in [1.165, 1.54) is 6.07 Å². The number of amides is 1. The summed E-state index contributed by atoms with van der Waals surface area (Å²) in [7, 11) is 1.74. The summed E-state index contributed by atoms with van der Waals surface area (Å²) in [6.07, 6.45) is 1.66. The lowest BCUT2D eigenvalue weighted by Gasteiger charge is -2.47. The minimum atomic E-state index is -0.437. The molecule has 1 atom stereocenters. The summed E-state index contributed by atoms with van der Waals surface area (Å²) in [5, 5.41) is 0. The zero-order chi connectivity index (χ0) is 14.9. The van der Waals surface area contributed by atoms with Gasteiger partial charge in [0, 0.05) is 19.2 Å². The van der Waals surface area contributed by atoms with Crippen LogP contribution < -0.4 is 5.73 Å². The molecule has 1 aliphatic rings. The topological polar surface area (TPSA) is 46.3 Å². The molecule has 2 N–H and O–H groups in total. The van der Waals surface area contributed by atoms with Gasteiger partial charge in [-0.3, -0.25) is 4.79 Å². The molecule has 1 aromatic carbocycles. The lowest BCUT2D eigenvalue weighted by molar-refractivity contribution is -0.150. The second-order valence-electron chi connectivity index (χ2n) is 6.11. The van der Waals surface area contributed by atoms with Gasteiger partial charge in [-0.15, -0.1) is 0 Å². The molecule has 1 saturated carbocycles. The van der Waals surface area contributed by atoms with E-state index in [9.17, 15) is 9.18 Å². The number of nitrogens with two attached hydrogens (primary N) is 1. The van der Waals surface area contributed by atoms with E-state index in [1.54, 1.807) is 30.1 Å². The molecule has 1 aliphatic carbocycles. The van der Waals surface area contributed by atoms with E-state index in [-0.39, 0.29) is 17.8 Å². The highest BCUT2D eigenvalue weighted by molar-refractivity contribution is 5.84. The Balaban J connectivity index is 2.17. The Morgan fingerprint density at radius 2 is 2.10 bits per heavy atom. The zero-order valence-corrected chi connectivity index (χ0v) is 12.4. The van der Waals surface area contributed by atoms with Crippen LogP contribution in [-0.2, 0) is 4.79 Å². The van der Waals surface area contributed by atoms with E-state index in [0.29, 0.717) is 18.0 Å². The van der Waals surface area contributed by atoms with Crippen molar-refractivity contribution in [3.8, 4) is 0 Å². The average Bonchev–Trinajstić information content (AvgIpc) is 2.42. The molecular formula is C16H23FN2O. The van der Waals surface area contributed by atoms with Crippen LogP contribution in [0, 0.1) is 17.2 Å². The summed E-state index contributed by atoms with van der Waals surface area (Å²) in [5.41, 5.74) is 5.92. The highest BCUT2D eigenvalue weighted by Gasteiger charge is 2.49. The van der Waals surface area contributed by atoms with E-state index in [4.69, 9.17) is 5.73 Å². The highest BCUT2D eigenvalue weighted by Crippen LogP contribution is 2.46. The van der Waals surface area contributed by atoms with Gasteiger partial charge >= 0.3 is 0 Å². The number of nitrogens with zero attached hydrogens (tertiary/aromatic N) is 1. The van der Waals surface area contributed by atoms with Gasteiger partial charge in [-0.05, 0) is 31.7 Å². The van der Waals surface area contributed by atoms with E-state index in [2.05, 4.69) is 6.92 Å². The van der Waals surface area contributed by atoms with Crippen LogP contribution in [0.4, 0.5) is 4.39 Å². The highest BCUT2D eigenvalue weighted by atomic mass is 19.1. The molecular weight excluding hydrogens is 255 g/mol. The van der Waals surface area contributed by atoms with E-state index in [0.717, 1.165) is 12.8 Å². The van der Waals surface area contributed by atoms with Gasteiger partial charge in [0.25, 0.3) is 0 Å². The Morgan fingerprint density at radius 3 is 2.60 bits per heavy atom. The maximum atomic E-state index is 13.8. The van der Waals surface area contributed by atoms with Gasteiger partial charge < -0.3 is 10.6 Å². The molecule has 1 fully saturated rings. The molecule has 4 heteroatoms. The number of rotatable bonds is 4. The number of carbonyl (C=O) groups is 1. The first-order valence-corrected chi connectivity index (χ1v) is 7.13. The molecule has 1 amide bonds. The van der Waals surface area contributed by atoms with Crippen molar-refractivity contribution in [1.82, 2.24) is 4.90 Å². The smallest absolute Gasteiger partial charge is 0.230 e. The Kier molecular flexibility index (Phi) is 4.14. The van der Waals surface area contributed by atoms with E-state index < -0.39 is 5.41 Å². The number of hydrogen-bond acceptors (Lipinski definition) is 2. The number of carbonyl (C=O) groups excluding carboxylic acids is 1. The Morgan fingerprint density at radius 1 is 1.50 bits per heavy atom. The third-order valence-electron chi connectivity index (χ3n) is 4.58. The molecule has 0 heterocycles. The summed E-state index contributed by atoms with van der Waals surface area (Å²) < 4.78 is 13.8. The molecule has 0 spiro atoms. The van der Waals surface area contributed by atoms with Crippen LogP contribution >= 0.6 is 0 Å². The summed E-state index contributed by atoms with van der Waals surface area (Å²) in [4.78, 5) is 14.3. The Hall–Kier alpha value is -1.42. The molecule has 0 aromatic heterocycles. The number of hydrogen-bond donors (Lipinski definition) is 1. The molecule has 0 aliphatic heterocycles. The fourth-order valence-corrected chi connectivity index (χ4v) is 3.28. The summed E-state index contributed by atoms with van der Waals surface area (Å²) >= 11 is 0. The minimum absolute atomic E-state index is 0.0360. The molecule has 0 bridgehead atoms. The summed E-state index contributed by atoms with van der Waals surface area (Å²) in [6.45, 7) is 4.34. The molecule has 0 saturated heterocycles. The normalized spacial score (nSPS) is 26.8. The van der Waals surface area contributed by atoms with Crippen LogP contribution in [0.5, 0.6) is 0 Å². The first-order chi connectivity index (χ1) is 9.41. The van der Waals surface area contributed by atoms with Gasteiger partial charge in [0.05, 0.1) is 11.5 Å². The van der Waals surface area contributed by atoms with Crippen molar-refractivity contribution in [2.75, 3.05) is 13.6 Å². The summed E-state index contributed by atoms with van der Waals surface area (Å²) in [6, 6.07) is 6.30. The van der Waals surface area contributed by atoms with Gasteiger partial charge in [0.2, 0.25) is 5.91 Å².